The van der Waals surface area contributed by atoms with E-state index in [0.717, 1.165) is 30.6 Å². The highest BCUT2D eigenvalue weighted by molar-refractivity contribution is 5.27. The van der Waals surface area contributed by atoms with Gasteiger partial charge in [0, 0.05) is 6.54 Å². The average molecular weight is 302 g/mol. The van der Waals surface area contributed by atoms with E-state index in [-0.39, 0.29) is 0 Å². The molecule has 0 atom stereocenters. The van der Waals surface area contributed by atoms with Crippen LogP contribution in [0.2, 0.25) is 0 Å². The fourth-order valence-electron chi connectivity index (χ4n) is 2.22. The first-order valence-electron chi connectivity index (χ1n) is 7.30. The summed E-state index contributed by atoms with van der Waals surface area (Å²) in [6, 6.07) is 7.71. The second-order valence-corrected chi connectivity index (χ2v) is 5.90. The molecule has 1 N–H and O–H groups in total. The Hall–Kier alpha value is -1.07. The van der Waals surface area contributed by atoms with E-state index >= 15 is 0 Å². The summed E-state index contributed by atoms with van der Waals surface area (Å²) in [5.74, 6) is 0.596. The highest BCUT2D eigenvalue weighted by atomic mass is 19.4. The van der Waals surface area contributed by atoms with Crippen molar-refractivity contribution in [3.63, 3.8) is 0 Å². The lowest BCUT2D eigenvalue weighted by Gasteiger charge is -2.20. The molecule has 1 rings (SSSR count). The van der Waals surface area contributed by atoms with Gasteiger partial charge in [0.25, 0.3) is 0 Å². The Labute approximate surface area is 125 Å². The average Bonchev–Trinajstić information content (AvgIpc) is 2.33. The van der Waals surface area contributed by atoms with Crippen LogP contribution >= 0.6 is 0 Å². The van der Waals surface area contributed by atoms with Gasteiger partial charge in [-0.1, -0.05) is 38.1 Å². The smallest absolute Gasteiger partial charge is 0.316 e. The first-order chi connectivity index (χ1) is 9.78. The SMILES string of the molecule is CC(C)CNCCc1ccccc1CN(C)CC(F)(F)F. The molecule has 0 heterocycles. The highest BCUT2D eigenvalue weighted by Crippen LogP contribution is 2.18. The minimum absolute atomic E-state index is 0.319. The van der Waals surface area contributed by atoms with Crippen LogP contribution in [0.15, 0.2) is 24.3 Å². The molecule has 0 radical (unpaired) electrons. The van der Waals surface area contributed by atoms with Crippen molar-refractivity contribution in [3.8, 4) is 0 Å². The Kier molecular flexibility index (Phi) is 7.18. The zero-order valence-corrected chi connectivity index (χ0v) is 13.0. The number of halogens is 3. The maximum atomic E-state index is 12.4. The van der Waals surface area contributed by atoms with Crippen LogP contribution < -0.4 is 5.32 Å². The Morgan fingerprint density at radius 2 is 1.76 bits per heavy atom. The fourth-order valence-corrected chi connectivity index (χ4v) is 2.22. The molecule has 0 unspecified atom stereocenters. The fraction of sp³-hybridized carbons (Fsp3) is 0.625. The van der Waals surface area contributed by atoms with Crippen LogP contribution in [0.25, 0.3) is 0 Å². The summed E-state index contributed by atoms with van der Waals surface area (Å²) in [5.41, 5.74) is 2.08. The van der Waals surface area contributed by atoms with Crippen LogP contribution in [0, 0.1) is 5.92 Å². The van der Waals surface area contributed by atoms with Gasteiger partial charge in [-0.05, 0) is 43.6 Å². The van der Waals surface area contributed by atoms with Crippen molar-refractivity contribution in [1.29, 1.82) is 0 Å². The van der Waals surface area contributed by atoms with Gasteiger partial charge in [0.1, 0.15) is 0 Å². The van der Waals surface area contributed by atoms with Gasteiger partial charge in [0.15, 0.2) is 0 Å². The van der Waals surface area contributed by atoms with Crippen LogP contribution in [0.3, 0.4) is 0 Å². The van der Waals surface area contributed by atoms with Gasteiger partial charge in [-0.2, -0.15) is 13.2 Å². The number of nitrogens with zero attached hydrogens (tertiary/aromatic N) is 1. The van der Waals surface area contributed by atoms with E-state index in [1.54, 1.807) is 0 Å². The van der Waals surface area contributed by atoms with Gasteiger partial charge < -0.3 is 5.32 Å². The molecule has 0 bridgehead atoms. The van der Waals surface area contributed by atoms with E-state index in [4.69, 9.17) is 0 Å². The quantitative estimate of drug-likeness (QED) is 0.740. The summed E-state index contributed by atoms with van der Waals surface area (Å²) < 4.78 is 37.1. The monoisotopic (exact) mass is 302 g/mol. The summed E-state index contributed by atoms with van der Waals surface area (Å²) >= 11 is 0. The van der Waals surface area contributed by atoms with Gasteiger partial charge in [0.05, 0.1) is 6.54 Å². The van der Waals surface area contributed by atoms with E-state index in [1.807, 2.05) is 24.3 Å². The summed E-state index contributed by atoms with van der Waals surface area (Å²) in [4.78, 5) is 1.31. The maximum absolute atomic E-state index is 12.4. The highest BCUT2D eigenvalue weighted by Gasteiger charge is 2.29. The Morgan fingerprint density at radius 1 is 1.14 bits per heavy atom. The molecule has 21 heavy (non-hydrogen) atoms. The molecular weight excluding hydrogens is 277 g/mol. The predicted molar refractivity (Wildman–Crippen MR) is 80.2 cm³/mol. The lowest BCUT2D eigenvalue weighted by atomic mass is 10.0. The molecule has 0 spiro atoms. The van der Waals surface area contributed by atoms with E-state index in [1.165, 1.54) is 11.9 Å². The number of benzene rings is 1. The number of hydrogen-bond donors (Lipinski definition) is 1. The molecule has 0 saturated carbocycles. The molecule has 1 aromatic rings. The molecule has 120 valence electrons. The summed E-state index contributed by atoms with van der Waals surface area (Å²) in [5, 5.41) is 3.36. The zero-order chi connectivity index (χ0) is 15.9. The first kappa shape index (κ1) is 18.0. The molecule has 0 amide bonds. The van der Waals surface area contributed by atoms with Gasteiger partial charge in [-0.3, -0.25) is 4.90 Å². The Balaban J connectivity index is 2.54. The Bertz CT molecular complexity index is 416. The molecular formula is C16H25F3N2. The molecule has 5 heteroatoms. The minimum atomic E-state index is -4.15. The molecule has 0 aromatic heterocycles. The maximum Gasteiger partial charge on any atom is 0.401 e. The van der Waals surface area contributed by atoms with Gasteiger partial charge in [-0.15, -0.1) is 0 Å². The van der Waals surface area contributed by atoms with E-state index in [2.05, 4.69) is 19.2 Å². The van der Waals surface area contributed by atoms with Crippen LogP contribution in [0.1, 0.15) is 25.0 Å². The third-order valence-corrected chi connectivity index (χ3v) is 3.13. The molecule has 1 aromatic carbocycles. The predicted octanol–water partition coefficient (Wildman–Crippen LogP) is 3.47. The zero-order valence-electron chi connectivity index (χ0n) is 13.0. The van der Waals surface area contributed by atoms with Crippen LogP contribution in [-0.2, 0) is 13.0 Å². The third kappa shape index (κ3) is 8.07. The van der Waals surface area contributed by atoms with Crippen molar-refractivity contribution in [3.05, 3.63) is 35.4 Å². The second-order valence-electron chi connectivity index (χ2n) is 5.90. The normalized spacial score (nSPS) is 12.4. The van der Waals surface area contributed by atoms with Crippen molar-refractivity contribution in [2.45, 2.75) is 33.0 Å². The molecule has 2 nitrogen and oxygen atoms in total. The van der Waals surface area contributed by atoms with Crippen LogP contribution in [0.4, 0.5) is 13.2 Å². The molecule has 0 aliphatic heterocycles. The number of hydrogen-bond acceptors (Lipinski definition) is 2. The lowest BCUT2D eigenvalue weighted by molar-refractivity contribution is -0.144. The molecule has 0 fully saturated rings. The topological polar surface area (TPSA) is 15.3 Å². The van der Waals surface area contributed by atoms with Crippen molar-refractivity contribution in [2.24, 2.45) is 5.92 Å². The summed E-state index contributed by atoms with van der Waals surface area (Å²) in [6.45, 7) is 5.53. The second kappa shape index (κ2) is 8.39. The third-order valence-electron chi connectivity index (χ3n) is 3.13. The number of rotatable bonds is 8. The minimum Gasteiger partial charge on any atom is -0.316 e. The lowest BCUT2D eigenvalue weighted by Crippen LogP contribution is -2.31. The van der Waals surface area contributed by atoms with Crippen molar-refractivity contribution < 1.29 is 13.2 Å². The van der Waals surface area contributed by atoms with Crippen molar-refractivity contribution in [2.75, 3.05) is 26.7 Å². The van der Waals surface area contributed by atoms with E-state index in [0.29, 0.717) is 12.5 Å². The summed E-state index contributed by atoms with van der Waals surface area (Å²) in [6.07, 6.45) is -3.31. The molecule has 0 aliphatic rings. The standard InChI is InChI=1S/C16H25F3N2/c1-13(2)10-20-9-8-14-6-4-5-7-15(14)11-21(3)12-16(17,18)19/h4-7,13,20H,8-12H2,1-3H3. The summed E-state index contributed by atoms with van der Waals surface area (Å²) in [7, 11) is 1.50. The Morgan fingerprint density at radius 3 is 2.33 bits per heavy atom. The largest absolute Gasteiger partial charge is 0.401 e. The van der Waals surface area contributed by atoms with Gasteiger partial charge in [-0.25, -0.2) is 0 Å². The molecule has 0 aliphatic carbocycles. The van der Waals surface area contributed by atoms with Gasteiger partial charge >= 0.3 is 6.18 Å². The van der Waals surface area contributed by atoms with E-state index in [9.17, 15) is 13.2 Å². The number of alkyl halides is 3. The van der Waals surface area contributed by atoms with Crippen LogP contribution in [0.5, 0.6) is 0 Å². The van der Waals surface area contributed by atoms with E-state index < -0.39 is 12.7 Å². The van der Waals surface area contributed by atoms with Gasteiger partial charge in [0.2, 0.25) is 0 Å². The molecule has 0 saturated heterocycles. The van der Waals surface area contributed by atoms with Crippen molar-refractivity contribution >= 4 is 0 Å². The first-order valence-corrected chi connectivity index (χ1v) is 7.30. The number of nitrogens with one attached hydrogen (secondary N) is 1. The van der Waals surface area contributed by atoms with Crippen molar-refractivity contribution in [1.82, 2.24) is 10.2 Å². The van der Waals surface area contributed by atoms with Crippen LogP contribution in [-0.4, -0.2) is 37.8 Å².